The minimum Gasteiger partial charge on any atom is -0.363 e. The van der Waals surface area contributed by atoms with Crippen LogP contribution in [0.15, 0.2) is 16.6 Å². The molecular weight excluding hydrogens is 308 g/mol. The van der Waals surface area contributed by atoms with Gasteiger partial charge in [0.25, 0.3) is 0 Å². The lowest BCUT2D eigenvalue weighted by atomic mass is 10.0. The van der Waals surface area contributed by atoms with Gasteiger partial charge in [-0.2, -0.15) is 0 Å². The van der Waals surface area contributed by atoms with E-state index >= 15 is 0 Å². The molecule has 1 fully saturated rings. The first-order chi connectivity index (χ1) is 8.89. The van der Waals surface area contributed by atoms with Crippen LogP contribution < -0.4 is 10.6 Å². The molecule has 1 aliphatic rings. The fourth-order valence-corrected chi connectivity index (χ4v) is 2.26. The summed E-state index contributed by atoms with van der Waals surface area (Å²) in [4.78, 5) is 11.8. The van der Waals surface area contributed by atoms with E-state index in [1.54, 1.807) is 0 Å². The first-order valence-corrected chi connectivity index (χ1v) is 7.10. The lowest BCUT2D eigenvalue weighted by Crippen LogP contribution is -2.59. The smallest absolute Gasteiger partial charge is 0.250 e. The second kappa shape index (κ2) is 5.61. The molecule has 2 rings (SSSR count). The summed E-state index contributed by atoms with van der Waals surface area (Å²) >= 11 is 3.51. The third-order valence-electron chi connectivity index (χ3n) is 3.27. The molecule has 4 nitrogen and oxygen atoms in total. The van der Waals surface area contributed by atoms with Crippen molar-refractivity contribution in [2.45, 2.75) is 26.4 Å². The monoisotopic (exact) mass is 326 g/mol. The van der Waals surface area contributed by atoms with Crippen LogP contribution in [0, 0.1) is 13.8 Å². The first kappa shape index (κ1) is 14.5. The Hall–Kier alpha value is -0.910. The number of halogens is 1. The predicted octanol–water partition coefficient (Wildman–Crippen LogP) is 2.38. The maximum atomic E-state index is 11.8. The van der Waals surface area contributed by atoms with Gasteiger partial charge in [-0.05, 0) is 44.0 Å². The minimum atomic E-state index is -0.192. The average molecular weight is 327 g/mol. The Morgan fingerprint density at radius 2 is 2.00 bits per heavy atom. The summed E-state index contributed by atoms with van der Waals surface area (Å²) in [5.74, 6) is -0.116. The van der Waals surface area contributed by atoms with Crippen molar-refractivity contribution >= 4 is 27.5 Å². The van der Waals surface area contributed by atoms with Gasteiger partial charge in [0.1, 0.15) is 6.61 Å². The van der Waals surface area contributed by atoms with Gasteiger partial charge in [0.15, 0.2) is 0 Å². The van der Waals surface area contributed by atoms with E-state index in [2.05, 4.69) is 26.6 Å². The molecule has 0 spiro atoms. The van der Waals surface area contributed by atoms with Gasteiger partial charge in [-0.15, -0.1) is 0 Å². The molecule has 2 N–H and O–H groups in total. The number of hydrogen-bond donors (Lipinski definition) is 2. The van der Waals surface area contributed by atoms with E-state index in [9.17, 15) is 4.79 Å². The van der Waals surface area contributed by atoms with E-state index in [-0.39, 0.29) is 18.1 Å². The van der Waals surface area contributed by atoms with E-state index in [0.717, 1.165) is 34.4 Å². The van der Waals surface area contributed by atoms with Crippen molar-refractivity contribution in [3.8, 4) is 0 Å². The molecule has 1 saturated heterocycles. The molecule has 0 saturated carbocycles. The maximum absolute atomic E-state index is 11.8. The summed E-state index contributed by atoms with van der Waals surface area (Å²) in [6.45, 7) is 7.71. The molecule has 1 aliphatic heterocycles. The number of carbonyl (C=O) groups excluding carboxylic acids is 1. The quantitative estimate of drug-likeness (QED) is 0.893. The highest BCUT2D eigenvalue weighted by molar-refractivity contribution is 9.10. The van der Waals surface area contributed by atoms with E-state index < -0.39 is 0 Å². The number of anilines is 1. The van der Waals surface area contributed by atoms with Gasteiger partial charge in [0.2, 0.25) is 5.91 Å². The lowest BCUT2D eigenvalue weighted by Gasteiger charge is -2.38. The molecule has 0 aromatic heterocycles. The van der Waals surface area contributed by atoms with Crippen LogP contribution >= 0.6 is 15.9 Å². The Labute approximate surface area is 122 Å². The first-order valence-electron chi connectivity index (χ1n) is 6.31. The topological polar surface area (TPSA) is 50.4 Å². The highest BCUT2D eigenvalue weighted by Gasteiger charge is 2.32. The van der Waals surface area contributed by atoms with Crippen LogP contribution in [0.3, 0.4) is 0 Å². The summed E-state index contributed by atoms with van der Waals surface area (Å²) in [6.07, 6.45) is 0. The second-order valence-electron chi connectivity index (χ2n) is 5.31. The van der Waals surface area contributed by atoms with Gasteiger partial charge >= 0.3 is 0 Å². The van der Waals surface area contributed by atoms with Gasteiger partial charge in [0, 0.05) is 23.2 Å². The van der Waals surface area contributed by atoms with Crippen molar-refractivity contribution in [1.29, 1.82) is 0 Å². The Morgan fingerprint density at radius 3 is 2.47 bits per heavy atom. The molecule has 1 aromatic carbocycles. The number of aryl methyl sites for hydroxylation is 2. The summed E-state index contributed by atoms with van der Waals surface area (Å²) in [7, 11) is 0. The molecule has 0 atom stereocenters. The lowest BCUT2D eigenvalue weighted by molar-refractivity contribution is -0.130. The van der Waals surface area contributed by atoms with E-state index in [1.165, 1.54) is 0 Å². The average Bonchev–Trinajstić information content (AvgIpc) is 2.31. The highest BCUT2D eigenvalue weighted by Crippen LogP contribution is 2.25. The number of hydrogen-bond acceptors (Lipinski definition) is 3. The number of amides is 1. The fraction of sp³-hybridized carbons (Fsp3) is 0.500. The van der Waals surface area contributed by atoms with Crippen LogP contribution in [-0.2, 0) is 9.53 Å². The van der Waals surface area contributed by atoms with Crippen molar-refractivity contribution in [2.24, 2.45) is 0 Å². The number of rotatable bonds is 4. The van der Waals surface area contributed by atoms with E-state index in [1.807, 2.05) is 32.9 Å². The molecule has 0 radical (unpaired) electrons. The summed E-state index contributed by atoms with van der Waals surface area (Å²) < 4.78 is 6.68. The van der Waals surface area contributed by atoms with Crippen molar-refractivity contribution in [3.63, 3.8) is 0 Å². The zero-order valence-corrected chi connectivity index (χ0v) is 13.1. The van der Waals surface area contributed by atoms with Crippen LogP contribution in [-0.4, -0.2) is 31.2 Å². The number of ether oxygens (including phenoxy) is 1. The Morgan fingerprint density at radius 1 is 1.42 bits per heavy atom. The summed E-state index contributed by atoms with van der Waals surface area (Å²) in [5.41, 5.74) is 2.82. The van der Waals surface area contributed by atoms with Crippen molar-refractivity contribution in [3.05, 3.63) is 27.7 Å². The maximum Gasteiger partial charge on any atom is 0.250 e. The molecule has 0 aliphatic carbocycles. The molecule has 0 bridgehead atoms. The number of carbonyl (C=O) groups is 1. The van der Waals surface area contributed by atoms with Crippen molar-refractivity contribution in [2.75, 3.05) is 25.0 Å². The van der Waals surface area contributed by atoms with Gasteiger partial charge < -0.3 is 15.4 Å². The van der Waals surface area contributed by atoms with Gasteiger partial charge in [-0.3, -0.25) is 4.79 Å². The molecule has 19 heavy (non-hydrogen) atoms. The molecular formula is C14H19BrN2O2. The predicted molar refractivity (Wildman–Crippen MR) is 79.5 cm³/mol. The standard InChI is InChI=1S/C14H19BrN2O2/c1-9-4-11(5-10(2)13(9)15)17-12(18)6-19-14(3)7-16-8-14/h4-5,16H,6-8H2,1-3H3,(H,17,18). The Kier molecular flexibility index (Phi) is 4.28. The zero-order valence-electron chi connectivity index (χ0n) is 11.5. The molecule has 104 valence electrons. The van der Waals surface area contributed by atoms with Crippen LogP contribution in [0.25, 0.3) is 0 Å². The SMILES string of the molecule is Cc1cc(NC(=O)COC2(C)CNC2)cc(C)c1Br. The normalized spacial score (nSPS) is 16.8. The number of benzene rings is 1. The van der Waals surface area contributed by atoms with Crippen molar-refractivity contribution in [1.82, 2.24) is 5.32 Å². The van der Waals surface area contributed by atoms with E-state index in [0.29, 0.717) is 0 Å². The molecule has 0 unspecified atom stereocenters. The number of nitrogens with one attached hydrogen (secondary N) is 2. The van der Waals surface area contributed by atoms with Crippen LogP contribution in [0.5, 0.6) is 0 Å². The molecule has 1 aromatic rings. The minimum absolute atomic E-state index is 0.0896. The zero-order chi connectivity index (χ0) is 14.0. The Bertz CT molecular complexity index is 475. The Balaban J connectivity index is 1.91. The third-order valence-corrected chi connectivity index (χ3v) is 4.52. The highest BCUT2D eigenvalue weighted by atomic mass is 79.9. The molecule has 1 heterocycles. The molecule has 5 heteroatoms. The molecule has 1 amide bonds. The van der Waals surface area contributed by atoms with Gasteiger partial charge in [-0.1, -0.05) is 15.9 Å². The van der Waals surface area contributed by atoms with Gasteiger partial charge in [0.05, 0.1) is 5.60 Å². The van der Waals surface area contributed by atoms with Crippen LogP contribution in [0.2, 0.25) is 0 Å². The van der Waals surface area contributed by atoms with E-state index in [4.69, 9.17) is 4.74 Å². The van der Waals surface area contributed by atoms with Crippen LogP contribution in [0.1, 0.15) is 18.1 Å². The van der Waals surface area contributed by atoms with Crippen LogP contribution in [0.4, 0.5) is 5.69 Å². The largest absolute Gasteiger partial charge is 0.363 e. The summed E-state index contributed by atoms with van der Waals surface area (Å²) in [6, 6.07) is 3.89. The van der Waals surface area contributed by atoms with Crippen molar-refractivity contribution < 1.29 is 9.53 Å². The fourth-order valence-electron chi connectivity index (χ4n) is 2.03. The summed E-state index contributed by atoms with van der Waals surface area (Å²) in [5, 5.41) is 6.00. The van der Waals surface area contributed by atoms with Gasteiger partial charge in [-0.25, -0.2) is 0 Å². The third kappa shape index (κ3) is 3.55. The second-order valence-corrected chi connectivity index (χ2v) is 6.11.